The van der Waals surface area contributed by atoms with Crippen molar-refractivity contribution >= 4 is 29.3 Å². The molecular weight excluding hydrogens is 264 g/mol. The van der Waals surface area contributed by atoms with E-state index in [2.05, 4.69) is 15.0 Å². The minimum absolute atomic E-state index is 0. The predicted octanol–water partition coefficient (Wildman–Crippen LogP) is 2.23. The van der Waals surface area contributed by atoms with Crippen LogP contribution in [0.1, 0.15) is 5.69 Å². The number of aryl methyl sites for hydroxylation is 1. The summed E-state index contributed by atoms with van der Waals surface area (Å²) in [5.41, 5.74) is 10.3. The molecule has 0 unspecified atom stereocenters. The Morgan fingerprint density at radius 1 is 1.16 bits per heavy atom. The van der Waals surface area contributed by atoms with Crippen LogP contribution in [-0.4, -0.2) is 15.0 Å². The quantitative estimate of drug-likeness (QED) is 0.596. The van der Waals surface area contributed by atoms with E-state index in [-0.39, 0.29) is 18.1 Å². The highest BCUT2D eigenvalue weighted by atomic mass is 35.5. The molecule has 0 saturated heterocycles. The van der Waals surface area contributed by atoms with Crippen LogP contribution in [0.25, 0.3) is 22.3 Å². The van der Waals surface area contributed by atoms with Crippen LogP contribution in [0.15, 0.2) is 35.1 Å². The van der Waals surface area contributed by atoms with Crippen LogP contribution < -0.4 is 11.4 Å². The molecule has 0 aliphatic heterocycles. The van der Waals surface area contributed by atoms with Gasteiger partial charge in [0.15, 0.2) is 5.65 Å². The van der Waals surface area contributed by atoms with Crippen molar-refractivity contribution in [3.05, 3.63) is 46.5 Å². The highest BCUT2D eigenvalue weighted by Crippen LogP contribution is 2.25. The van der Waals surface area contributed by atoms with Gasteiger partial charge in [-0.2, -0.15) is 0 Å². The maximum Gasteiger partial charge on any atom is 0.325 e. The molecular formula is C13H13ClN4O. The molecule has 6 heteroatoms. The van der Waals surface area contributed by atoms with Crippen molar-refractivity contribution in [2.75, 3.05) is 5.73 Å². The number of nitrogens with zero attached hydrogens (tertiary/aromatic N) is 1. The number of aromatic nitrogens is 3. The highest BCUT2D eigenvalue weighted by Gasteiger charge is 2.07. The van der Waals surface area contributed by atoms with Gasteiger partial charge in [-0.1, -0.05) is 12.1 Å². The van der Waals surface area contributed by atoms with Gasteiger partial charge in [0.25, 0.3) is 0 Å². The van der Waals surface area contributed by atoms with Crippen molar-refractivity contribution < 1.29 is 0 Å². The molecule has 0 amide bonds. The van der Waals surface area contributed by atoms with E-state index >= 15 is 0 Å². The third-order valence-electron chi connectivity index (χ3n) is 2.91. The van der Waals surface area contributed by atoms with E-state index in [0.29, 0.717) is 11.2 Å². The first-order valence-corrected chi connectivity index (χ1v) is 5.59. The topological polar surface area (TPSA) is 87.6 Å². The highest BCUT2D eigenvalue weighted by molar-refractivity contribution is 5.85. The van der Waals surface area contributed by atoms with Gasteiger partial charge in [0, 0.05) is 16.9 Å². The summed E-state index contributed by atoms with van der Waals surface area (Å²) >= 11 is 0. The molecule has 2 aromatic heterocycles. The summed E-state index contributed by atoms with van der Waals surface area (Å²) in [7, 11) is 0. The monoisotopic (exact) mass is 276 g/mol. The fourth-order valence-corrected chi connectivity index (χ4v) is 2.01. The maximum absolute atomic E-state index is 11.2. The van der Waals surface area contributed by atoms with Crippen molar-refractivity contribution in [3.8, 4) is 11.1 Å². The normalized spacial score (nSPS) is 10.4. The Kier molecular flexibility index (Phi) is 3.31. The number of imidazole rings is 1. The van der Waals surface area contributed by atoms with Gasteiger partial charge in [-0.05, 0) is 30.7 Å². The predicted molar refractivity (Wildman–Crippen MR) is 78.5 cm³/mol. The molecule has 0 saturated carbocycles. The zero-order chi connectivity index (χ0) is 12.7. The number of rotatable bonds is 1. The number of aromatic amines is 2. The molecule has 1 aromatic carbocycles. The number of fused-ring (bicyclic) bond motifs is 1. The van der Waals surface area contributed by atoms with Crippen LogP contribution in [0.5, 0.6) is 0 Å². The lowest BCUT2D eigenvalue weighted by Gasteiger charge is -2.05. The number of benzene rings is 1. The molecule has 0 atom stereocenters. The Morgan fingerprint density at radius 2 is 1.84 bits per heavy atom. The van der Waals surface area contributed by atoms with Gasteiger partial charge in [0.2, 0.25) is 0 Å². The van der Waals surface area contributed by atoms with E-state index in [1.54, 1.807) is 0 Å². The number of hydrogen-bond donors (Lipinski definition) is 3. The van der Waals surface area contributed by atoms with Crippen LogP contribution in [0, 0.1) is 6.92 Å². The van der Waals surface area contributed by atoms with E-state index in [4.69, 9.17) is 5.73 Å². The molecule has 19 heavy (non-hydrogen) atoms. The van der Waals surface area contributed by atoms with E-state index in [1.165, 1.54) is 0 Å². The largest absolute Gasteiger partial charge is 0.399 e. The van der Waals surface area contributed by atoms with E-state index in [9.17, 15) is 4.79 Å². The minimum atomic E-state index is -0.244. The molecule has 2 heterocycles. The molecule has 0 aliphatic carbocycles. The van der Waals surface area contributed by atoms with E-state index in [1.807, 2.05) is 37.3 Å². The fourth-order valence-electron chi connectivity index (χ4n) is 2.01. The number of pyridine rings is 1. The average Bonchev–Trinajstić information content (AvgIpc) is 2.68. The Hall–Kier alpha value is -2.27. The minimum Gasteiger partial charge on any atom is -0.399 e. The lowest BCUT2D eigenvalue weighted by molar-refractivity contribution is 1.18. The molecule has 0 radical (unpaired) electrons. The second-order valence-electron chi connectivity index (χ2n) is 4.22. The number of H-pyrrole nitrogens is 2. The molecule has 4 N–H and O–H groups in total. The Balaban J connectivity index is 0.00000133. The van der Waals surface area contributed by atoms with Crippen molar-refractivity contribution in [2.24, 2.45) is 0 Å². The van der Waals surface area contributed by atoms with Crippen LogP contribution in [0.4, 0.5) is 5.69 Å². The Labute approximate surface area is 115 Å². The Morgan fingerprint density at radius 3 is 2.53 bits per heavy atom. The molecule has 0 fully saturated rings. The Bertz CT molecular complexity index is 773. The maximum atomic E-state index is 11.2. The molecule has 0 bridgehead atoms. The van der Waals surface area contributed by atoms with Crippen LogP contribution in [-0.2, 0) is 0 Å². The third-order valence-corrected chi connectivity index (χ3v) is 2.91. The SMILES string of the molecule is Cc1nc2[nH]c(=O)[nH]c2cc1-c1ccc(N)cc1.Cl. The summed E-state index contributed by atoms with van der Waals surface area (Å²) in [5.74, 6) is 0. The van der Waals surface area contributed by atoms with Gasteiger partial charge in [-0.3, -0.25) is 4.98 Å². The second-order valence-corrected chi connectivity index (χ2v) is 4.22. The summed E-state index contributed by atoms with van der Waals surface area (Å²) in [4.78, 5) is 21.0. The second kappa shape index (κ2) is 4.78. The van der Waals surface area contributed by atoms with Crippen molar-refractivity contribution in [2.45, 2.75) is 6.92 Å². The number of hydrogen-bond acceptors (Lipinski definition) is 3. The zero-order valence-corrected chi connectivity index (χ0v) is 11.0. The third kappa shape index (κ3) is 2.32. The summed E-state index contributed by atoms with van der Waals surface area (Å²) in [6.07, 6.45) is 0. The first-order chi connectivity index (χ1) is 8.63. The fraction of sp³-hybridized carbons (Fsp3) is 0.0769. The molecule has 0 aliphatic rings. The number of nitrogen functional groups attached to an aromatic ring is 1. The van der Waals surface area contributed by atoms with Crippen molar-refractivity contribution in [1.82, 2.24) is 15.0 Å². The summed E-state index contributed by atoms with van der Waals surface area (Å²) in [6, 6.07) is 9.49. The first-order valence-electron chi connectivity index (χ1n) is 5.59. The van der Waals surface area contributed by atoms with Gasteiger partial charge >= 0.3 is 5.69 Å². The smallest absolute Gasteiger partial charge is 0.325 e. The standard InChI is InChI=1S/C13H12N4O.ClH/c1-7-10(8-2-4-9(14)5-3-8)6-11-12(15-7)17-13(18)16-11;/h2-6H,14H2,1H3,(H2,15,16,17,18);1H. The molecule has 5 nitrogen and oxygen atoms in total. The lowest BCUT2D eigenvalue weighted by Crippen LogP contribution is -1.99. The number of halogens is 1. The van der Waals surface area contributed by atoms with Crippen LogP contribution in [0.2, 0.25) is 0 Å². The molecule has 98 valence electrons. The number of nitrogens with two attached hydrogens (primary N) is 1. The molecule has 3 aromatic rings. The number of nitrogens with one attached hydrogen (secondary N) is 2. The van der Waals surface area contributed by atoms with Crippen LogP contribution in [0.3, 0.4) is 0 Å². The summed E-state index contributed by atoms with van der Waals surface area (Å²) in [5, 5.41) is 0. The lowest BCUT2D eigenvalue weighted by atomic mass is 10.0. The summed E-state index contributed by atoms with van der Waals surface area (Å²) in [6.45, 7) is 1.91. The van der Waals surface area contributed by atoms with Gasteiger partial charge in [0.05, 0.1) is 5.52 Å². The van der Waals surface area contributed by atoms with Crippen molar-refractivity contribution in [3.63, 3.8) is 0 Å². The van der Waals surface area contributed by atoms with Gasteiger partial charge in [-0.25, -0.2) is 9.78 Å². The van der Waals surface area contributed by atoms with Crippen molar-refractivity contribution in [1.29, 1.82) is 0 Å². The number of anilines is 1. The van der Waals surface area contributed by atoms with E-state index in [0.717, 1.165) is 22.5 Å². The average molecular weight is 277 g/mol. The molecule has 3 rings (SSSR count). The molecule has 0 spiro atoms. The zero-order valence-electron chi connectivity index (χ0n) is 10.2. The first kappa shape index (κ1) is 13.2. The van der Waals surface area contributed by atoms with Gasteiger partial charge in [0.1, 0.15) is 0 Å². The summed E-state index contributed by atoms with van der Waals surface area (Å²) < 4.78 is 0. The van der Waals surface area contributed by atoms with Gasteiger partial charge in [-0.15, -0.1) is 12.4 Å². The van der Waals surface area contributed by atoms with Crippen LogP contribution >= 0.6 is 12.4 Å². The van der Waals surface area contributed by atoms with Gasteiger partial charge < -0.3 is 10.7 Å². The van der Waals surface area contributed by atoms with E-state index < -0.39 is 0 Å².